The van der Waals surface area contributed by atoms with Crippen molar-refractivity contribution in [2.75, 3.05) is 39.8 Å². The number of hydrogen-bond acceptors (Lipinski definition) is 6. The summed E-state index contributed by atoms with van der Waals surface area (Å²) >= 11 is 0. The van der Waals surface area contributed by atoms with Gasteiger partial charge in [0.15, 0.2) is 5.82 Å². The molecule has 1 aliphatic heterocycles. The quantitative estimate of drug-likeness (QED) is 0.775. The van der Waals surface area contributed by atoms with E-state index in [0.717, 1.165) is 39.1 Å². The first-order chi connectivity index (χ1) is 11.8. The van der Waals surface area contributed by atoms with Gasteiger partial charge < -0.3 is 14.2 Å². The van der Waals surface area contributed by atoms with Crippen molar-refractivity contribution in [1.82, 2.24) is 19.9 Å². The Kier molecular flexibility index (Phi) is 5.96. The molecule has 2 heterocycles. The minimum Gasteiger partial charge on any atom is -0.377 e. The molecule has 130 valence electrons. The lowest BCUT2D eigenvalue weighted by molar-refractivity contribution is 0.0890. The first-order valence-corrected chi connectivity index (χ1v) is 8.58. The minimum atomic E-state index is 0.152. The zero-order valence-electron chi connectivity index (χ0n) is 14.5. The maximum atomic E-state index is 5.37. The molecule has 0 bridgehead atoms. The second-order valence-corrected chi connectivity index (χ2v) is 6.27. The highest BCUT2D eigenvalue weighted by Crippen LogP contribution is 2.20. The number of aromatic nitrogens is 2. The van der Waals surface area contributed by atoms with Crippen molar-refractivity contribution in [2.24, 2.45) is 0 Å². The molecule has 2 aromatic rings. The van der Waals surface area contributed by atoms with E-state index in [1.54, 1.807) is 7.11 Å². The van der Waals surface area contributed by atoms with Gasteiger partial charge in [0.2, 0.25) is 5.89 Å². The molecule has 1 unspecified atom stereocenters. The fourth-order valence-corrected chi connectivity index (χ4v) is 3.09. The monoisotopic (exact) mass is 330 g/mol. The molecule has 0 spiro atoms. The summed E-state index contributed by atoms with van der Waals surface area (Å²) in [7, 11) is 1.63. The predicted octanol–water partition coefficient (Wildman–Crippen LogP) is 2.14. The van der Waals surface area contributed by atoms with Crippen LogP contribution in [0.5, 0.6) is 0 Å². The van der Waals surface area contributed by atoms with Crippen LogP contribution < -0.4 is 0 Å². The molecule has 1 aliphatic rings. The average Bonchev–Trinajstić information content (AvgIpc) is 3.10. The van der Waals surface area contributed by atoms with Crippen LogP contribution in [-0.2, 0) is 17.8 Å². The molecule has 24 heavy (non-hydrogen) atoms. The standard InChI is InChI=1S/C18H26N4O2/c1-15(18-19-17(14-23-2)20-24-18)22-12-10-21(11-13-22)9-8-16-6-4-3-5-7-16/h3-7,15H,8-14H2,1-2H3. The van der Waals surface area contributed by atoms with Crippen molar-refractivity contribution >= 4 is 0 Å². The van der Waals surface area contributed by atoms with Crippen molar-refractivity contribution in [1.29, 1.82) is 0 Å². The fraction of sp³-hybridized carbons (Fsp3) is 0.556. The first kappa shape index (κ1) is 17.1. The fourth-order valence-electron chi connectivity index (χ4n) is 3.09. The molecule has 1 aromatic heterocycles. The van der Waals surface area contributed by atoms with E-state index in [4.69, 9.17) is 9.26 Å². The summed E-state index contributed by atoms with van der Waals surface area (Å²) in [4.78, 5) is 9.35. The highest BCUT2D eigenvalue weighted by Gasteiger charge is 2.25. The number of benzene rings is 1. The van der Waals surface area contributed by atoms with Gasteiger partial charge in [0.1, 0.15) is 6.61 Å². The van der Waals surface area contributed by atoms with Crippen LogP contribution in [0.25, 0.3) is 0 Å². The summed E-state index contributed by atoms with van der Waals surface area (Å²) < 4.78 is 10.4. The van der Waals surface area contributed by atoms with Gasteiger partial charge in [0.05, 0.1) is 6.04 Å². The Hall–Kier alpha value is -1.76. The number of rotatable bonds is 7. The van der Waals surface area contributed by atoms with E-state index in [-0.39, 0.29) is 6.04 Å². The lowest BCUT2D eigenvalue weighted by Crippen LogP contribution is -2.47. The zero-order valence-corrected chi connectivity index (χ0v) is 14.5. The SMILES string of the molecule is COCc1noc(C(C)N2CCN(CCc3ccccc3)CC2)n1. The van der Waals surface area contributed by atoms with Crippen LogP contribution in [0.15, 0.2) is 34.9 Å². The number of ether oxygens (including phenoxy) is 1. The van der Waals surface area contributed by atoms with Gasteiger partial charge in [-0.3, -0.25) is 4.90 Å². The molecule has 0 aliphatic carbocycles. The highest BCUT2D eigenvalue weighted by molar-refractivity contribution is 5.14. The second-order valence-electron chi connectivity index (χ2n) is 6.27. The molecule has 6 nitrogen and oxygen atoms in total. The van der Waals surface area contributed by atoms with Crippen molar-refractivity contribution in [2.45, 2.75) is 26.0 Å². The third-order valence-corrected chi connectivity index (χ3v) is 4.63. The lowest BCUT2D eigenvalue weighted by atomic mass is 10.1. The molecular weight excluding hydrogens is 304 g/mol. The zero-order chi connectivity index (χ0) is 16.8. The van der Waals surface area contributed by atoms with Gasteiger partial charge in [-0.25, -0.2) is 0 Å². The Morgan fingerprint density at radius 3 is 2.62 bits per heavy atom. The lowest BCUT2D eigenvalue weighted by Gasteiger charge is -2.36. The normalized spacial score (nSPS) is 17.9. The van der Waals surface area contributed by atoms with Crippen LogP contribution in [0.1, 0.15) is 30.2 Å². The third-order valence-electron chi connectivity index (χ3n) is 4.63. The van der Waals surface area contributed by atoms with Gasteiger partial charge in [0, 0.05) is 39.8 Å². The summed E-state index contributed by atoms with van der Waals surface area (Å²) in [5.41, 5.74) is 1.41. The first-order valence-electron chi connectivity index (χ1n) is 8.58. The van der Waals surface area contributed by atoms with E-state index < -0.39 is 0 Å². The third kappa shape index (κ3) is 4.41. The summed E-state index contributed by atoms with van der Waals surface area (Å²) in [5.74, 6) is 1.29. The van der Waals surface area contributed by atoms with Gasteiger partial charge >= 0.3 is 0 Å². The van der Waals surface area contributed by atoms with E-state index in [1.807, 2.05) is 0 Å². The Balaban J connectivity index is 1.45. The molecule has 0 amide bonds. The largest absolute Gasteiger partial charge is 0.377 e. The van der Waals surface area contributed by atoms with Crippen LogP contribution >= 0.6 is 0 Å². The number of piperazine rings is 1. The summed E-state index contributed by atoms with van der Waals surface area (Å²) in [6, 6.07) is 10.8. The topological polar surface area (TPSA) is 54.6 Å². The van der Waals surface area contributed by atoms with Gasteiger partial charge in [0.25, 0.3) is 0 Å². The molecule has 6 heteroatoms. The number of nitrogens with zero attached hydrogens (tertiary/aromatic N) is 4. The molecule has 0 radical (unpaired) electrons. The second kappa shape index (κ2) is 8.37. The molecule has 0 N–H and O–H groups in total. The maximum absolute atomic E-state index is 5.37. The predicted molar refractivity (Wildman–Crippen MR) is 91.6 cm³/mol. The number of hydrogen-bond donors (Lipinski definition) is 0. The molecule has 1 saturated heterocycles. The van der Waals surface area contributed by atoms with Crippen LogP contribution in [0.3, 0.4) is 0 Å². The Morgan fingerprint density at radius 2 is 1.92 bits per heavy atom. The molecule has 1 aromatic carbocycles. The summed E-state index contributed by atoms with van der Waals surface area (Å²) in [6.45, 7) is 7.85. The molecule has 0 saturated carbocycles. The average molecular weight is 330 g/mol. The van der Waals surface area contributed by atoms with Crippen molar-refractivity contribution in [3.05, 3.63) is 47.6 Å². The van der Waals surface area contributed by atoms with Gasteiger partial charge in [-0.05, 0) is 18.9 Å². The van der Waals surface area contributed by atoms with Crippen molar-refractivity contribution in [3.8, 4) is 0 Å². The Bertz CT molecular complexity index is 608. The number of methoxy groups -OCH3 is 1. The van der Waals surface area contributed by atoms with Crippen molar-refractivity contribution < 1.29 is 9.26 Å². The van der Waals surface area contributed by atoms with Crippen molar-refractivity contribution in [3.63, 3.8) is 0 Å². The van der Waals surface area contributed by atoms with Crippen LogP contribution in [0, 0.1) is 0 Å². The molecule has 1 fully saturated rings. The van der Waals surface area contributed by atoms with Crippen LogP contribution in [0.2, 0.25) is 0 Å². The van der Waals surface area contributed by atoms with E-state index >= 15 is 0 Å². The van der Waals surface area contributed by atoms with Crippen LogP contribution in [-0.4, -0.2) is 59.8 Å². The summed E-state index contributed by atoms with van der Waals surface area (Å²) in [6.07, 6.45) is 1.11. The van der Waals surface area contributed by atoms with E-state index in [0.29, 0.717) is 18.3 Å². The Morgan fingerprint density at radius 1 is 1.17 bits per heavy atom. The minimum absolute atomic E-state index is 0.152. The van der Waals surface area contributed by atoms with E-state index in [2.05, 4.69) is 57.2 Å². The smallest absolute Gasteiger partial charge is 0.243 e. The molecular formula is C18H26N4O2. The maximum Gasteiger partial charge on any atom is 0.243 e. The Labute approximate surface area is 143 Å². The van der Waals surface area contributed by atoms with Gasteiger partial charge in [-0.2, -0.15) is 4.98 Å². The highest BCUT2D eigenvalue weighted by atomic mass is 16.5. The van der Waals surface area contributed by atoms with Gasteiger partial charge in [-0.1, -0.05) is 35.5 Å². The van der Waals surface area contributed by atoms with E-state index in [1.165, 1.54) is 5.56 Å². The molecule has 3 rings (SSSR count). The summed E-state index contributed by atoms with van der Waals surface area (Å²) in [5, 5.41) is 3.95. The molecule has 1 atom stereocenters. The van der Waals surface area contributed by atoms with Crippen LogP contribution in [0.4, 0.5) is 0 Å². The van der Waals surface area contributed by atoms with E-state index in [9.17, 15) is 0 Å². The van der Waals surface area contributed by atoms with Gasteiger partial charge in [-0.15, -0.1) is 0 Å².